The van der Waals surface area contributed by atoms with Crippen LogP contribution in [0.25, 0.3) is 0 Å². The van der Waals surface area contributed by atoms with Gasteiger partial charge in [0.05, 0.1) is 16.9 Å². The lowest BCUT2D eigenvalue weighted by atomic mass is 8.92. The Bertz CT molecular complexity index is 574. The van der Waals surface area contributed by atoms with E-state index in [1.165, 1.54) is 0 Å². The Balaban J connectivity index is 1.50. The standard InChI is InChI=1S/C18H24N2O/c1-15(2,3)20(16(4,5)6)14(21)18-11-8-12(18)10-13(18)9(11)17(8,10)7-19/h8-13H,1-6H3. The Kier molecular flexibility index (Phi) is 1.58. The second kappa shape index (κ2) is 2.66. The molecule has 0 radical (unpaired) electrons. The van der Waals surface area contributed by atoms with Crippen molar-refractivity contribution in [2.45, 2.75) is 52.6 Å². The summed E-state index contributed by atoms with van der Waals surface area (Å²) in [5.74, 6) is 3.87. The number of rotatable bonds is 1. The van der Waals surface area contributed by atoms with E-state index in [9.17, 15) is 10.1 Å². The van der Waals surface area contributed by atoms with Gasteiger partial charge in [-0.25, -0.2) is 0 Å². The molecule has 3 nitrogen and oxygen atoms in total. The normalized spacial score (nSPS) is 56.6. The zero-order valence-corrected chi connectivity index (χ0v) is 13.8. The Morgan fingerprint density at radius 3 is 1.57 bits per heavy atom. The molecule has 0 aliphatic heterocycles. The van der Waals surface area contributed by atoms with Crippen molar-refractivity contribution >= 4 is 5.91 Å². The number of amides is 1. The number of nitriles is 1. The molecule has 0 N–H and O–H groups in total. The SMILES string of the molecule is CC(C)(C)N(C(=O)C12C3C4C1C1C2C3C41C#N)C(C)(C)C. The third-order valence-electron chi connectivity index (χ3n) is 7.74. The third-order valence-corrected chi connectivity index (χ3v) is 7.74. The molecule has 3 heteroatoms. The first kappa shape index (κ1) is 12.5. The highest BCUT2D eigenvalue weighted by Gasteiger charge is 3.12. The maximum absolute atomic E-state index is 13.5. The summed E-state index contributed by atoms with van der Waals surface area (Å²) in [6.45, 7) is 12.9. The summed E-state index contributed by atoms with van der Waals surface area (Å²) in [6.07, 6.45) is 0. The molecule has 0 unspecified atom stereocenters. The first-order valence-electron chi connectivity index (χ1n) is 8.33. The van der Waals surface area contributed by atoms with Crippen LogP contribution in [0.5, 0.6) is 0 Å². The van der Waals surface area contributed by atoms with E-state index in [2.05, 4.69) is 52.5 Å². The van der Waals surface area contributed by atoms with Gasteiger partial charge in [-0.05, 0) is 77.0 Å². The second-order valence-electron chi connectivity index (χ2n) is 10.1. The van der Waals surface area contributed by atoms with Crippen LogP contribution in [0, 0.1) is 57.7 Å². The zero-order valence-electron chi connectivity index (χ0n) is 13.8. The fourth-order valence-electron chi connectivity index (χ4n) is 7.99. The van der Waals surface area contributed by atoms with Crippen molar-refractivity contribution in [3.8, 4) is 6.07 Å². The molecule has 1 amide bonds. The average Bonchev–Trinajstić information content (AvgIpc) is 2.34. The van der Waals surface area contributed by atoms with E-state index in [0.717, 1.165) is 0 Å². The quantitative estimate of drug-likeness (QED) is 0.743. The Hall–Kier alpha value is -1.04. The van der Waals surface area contributed by atoms with Gasteiger partial charge in [-0.1, -0.05) is 0 Å². The van der Waals surface area contributed by atoms with Gasteiger partial charge in [0.25, 0.3) is 0 Å². The maximum atomic E-state index is 13.5. The summed E-state index contributed by atoms with van der Waals surface area (Å²) in [4.78, 5) is 15.6. The van der Waals surface area contributed by atoms with Crippen molar-refractivity contribution < 1.29 is 4.79 Å². The molecule has 0 saturated heterocycles. The van der Waals surface area contributed by atoms with E-state index in [4.69, 9.17) is 0 Å². The van der Waals surface area contributed by atoms with Crippen LogP contribution >= 0.6 is 0 Å². The molecule has 0 bridgehead atoms. The van der Waals surface area contributed by atoms with Crippen molar-refractivity contribution in [2.75, 3.05) is 0 Å². The van der Waals surface area contributed by atoms with Gasteiger partial charge in [0.1, 0.15) is 0 Å². The van der Waals surface area contributed by atoms with Crippen LogP contribution in [0.1, 0.15) is 41.5 Å². The van der Waals surface area contributed by atoms with Gasteiger partial charge in [-0.2, -0.15) is 5.26 Å². The molecular weight excluding hydrogens is 260 g/mol. The summed E-state index contributed by atoms with van der Waals surface area (Å²) in [7, 11) is 0. The topological polar surface area (TPSA) is 44.1 Å². The van der Waals surface area contributed by atoms with Crippen LogP contribution in [-0.2, 0) is 4.79 Å². The molecule has 0 spiro atoms. The highest BCUT2D eigenvalue weighted by Crippen LogP contribution is 3.10. The lowest BCUT2D eigenvalue weighted by Crippen LogP contribution is -3.11. The second-order valence-corrected chi connectivity index (χ2v) is 10.1. The number of carbonyl (C=O) groups is 1. The number of carbonyl (C=O) groups excluding carboxylic acids is 1. The molecule has 0 heterocycles. The molecule has 6 saturated carbocycles. The van der Waals surface area contributed by atoms with Gasteiger partial charge in [0.2, 0.25) is 5.91 Å². The molecule has 21 heavy (non-hydrogen) atoms. The number of hydrogen-bond acceptors (Lipinski definition) is 2. The molecule has 112 valence electrons. The predicted molar refractivity (Wildman–Crippen MR) is 77.8 cm³/mol. The van der Waals surface area contributed by atoms with E-state index in [1.54, 1.807) is 0 Å². The van der Waals surface area contributed by atoms with E-state index < -0.39 is 0 Å². The fraction of sp³-hybridized carbons (Fsp3) is 0.889. The van der Waals surface area contributed by atoms with Gasteiger partial charge < -0.3 is 4.90 Å². The van der Waals surface area contributed by atoms with Crippen LogP contribution in [0.15, 0.2) is 0 Å². The van der Waals surface area contributed by atoms with Gasteiger partial charge in [0, 0.05) is 11.1 Å². The van der Waals surface area contributed by atoms with Crippen LogP contribution in [0.4, 0.5) is 0 Å². The lowest BCUT2D eigenvalue weighted by Gasteiger charge is -3.09. The van der Waals surface area contributed by atoms with Gasteiger partial charge in [0.15, 0.2) is 0 Å². The van der Waals surface area contributed by atoms with Crippen LogP contribution in [0.3, 0.4) is 0 Å². The van der Waals surface area contributed by atoms with Gasteiger partial charge in [-0.15, -0.1) is 0 Å². The Labute approximate surface area is 126 Å². The first-order chi connectivity index (χ1) is 9.57. The molecule has 6 fully saturated rings. The number of hydrogen-bond donors (Lipinski definition) is 0. The number of nitrogens with zero attached hydrogens (tertiary/aromatic N) is 2. The smallest absolute Gasteiger partial charge is 0.230 e. The molecule has 6 aliphatic rings. The van der Waals surface area contributed by atoms with Gasteiger partial charge in [-0.3, -0.25) is 4.79 Å². The van der Waals surface area contributed by atoms with Crippen molar-refractivity contribution in [1.82, 2.24) is 4.90 Å². The van der Waals surface area contributed by atoms with Crippen molar-refractivity contribution in [3.05, 3.63) is 0 Å². The molecule has 6 rings (SSSR count). The minimum atomic E-state index is -0.141. The summed E-state index contributed by atoms with van der Waals surface area (Å²) < 4.78 is 0. The fourth-order valence-corrected chi connectivity index (χ4v) is 7.99. The Morgan fingerprint density at radius 2 is 1.29 bits per heavy atom. The van der Waals surface area contributed by atoms with Crippen molar-refractivity contribution in [1.29, 1.82) is 5.26 Å². The lowest BCUT2D eigenvalue weighted by molar-refractivity contribution is -0.626. The summed E-state index contributed by atoms with van der Waals surface area (Å²) in [5.41, 5.74) is -0.260. The maximum Gasteiger partial charge on any atom is 0.230 e. The van der Waals surface area contributed by atoms with Crippen molar-refractivity contribution in [3.63, 3.8) is 0 Å². The van der Waals surface area contributed by atoms with Crippen molar-refractivity contribution in [2.24, 2.45) is 46.3 Å². The van der Waals surface area contributed by atoms with Crippen LogP contribution in [0.2, 0.25) is 0 Å². The molecule has 0 aromatic carbocycles. The average molecular weight is 284 g/mol. The highest BCUT2D eigenvalue weighted by atomic mass is 16.2. The van der Waals surface area contributed by atoms with E-state index >= 15 is 0 Å². The summed E-state index contributed by atoms with van der Waals surface area (Å²) in [6, 6.07) is 2.61. The van der Waals surface area contributed by atoms with E-state index in [0.29, 0.717) is 41.4 Å². The monoisotopic (exact) mass is 284 g/mol. The van der Waals surface area contributed by atoms with E-state index in [1.807, 2.05) is 0 Å². The highest BCUT2D eigenvalue weighted by molar-refractivity contribution is 5.93. The minimum absolute atomic E-state index is 0.0286. The first-order valence-corrected chi connectivity index (χ1v) is 8.33. The molecule has 0 atom stereocenters. The zero-order chi connectivity index (χ0) is 15.3. The van der Waals surface area contributed by atoms with Crippen LogP contribution < -0.4 is 0 Å². The minimum Gasteiger partial charge on any atom is -0.333 e. The largest absolute Gasteiger partial charge is 0.333 e. The third kappa shape index (κ3) is 0.774. The van der Waals surface area contributed by atoms with E-state index in [-0.39, 0.29) is 21.9 Å². The van der Waals surface area contributed by atoms with Gasteiger partial charge >= 0.3 is 0 Å². The molecule has 6 aliphatic carbocycles. The summed E-state index contributed by atoms with van der Waals surface area (Å²) >= 11 is 0. The predicted octanol–water partition coefficient (Wildman–Crippen LogP) is 2.67. The molecule has 0 aromatic heterocycles. The molecular formula is C18H24N2O. The summed E-state index contributed by atoms with van der Waals surface area (Å²) in [5, 5.41) is 9.46. The Morgan fingerprint density at radius 1 is 0.905 bits per heavy atom. The van der Waals surface area contributed by atoms with Crippen LogP contribution in [-0.4, -0.2) is 21.9 Å². The molecule has 0 aromatic rings.